The van der Waals surface area contributed by atoms with Crippen molar-refractivity contribution >= 4 is 35.1 Å². The molecule has 170 valence electrons. The van der Waals surface area contributed by atoms with Gasteiger partial charge in [-0.2, -0.15) is 0 Å². The number of halogens is 1. The monoisotopic (exact) mass is 460 g/mol. The van der Waals surface area contributed by atoms with Crippen molar-refractivity contribution < 1.29 is 28.6 Å². The second-order valence-corrected chi connectivity index (χ2v) is 7.69. The van der Waals surface area contributed by atoms with E-state index in [1.54, 1.807) is 49.4 Å². The molecule has 3 rings (SSSR count). The van der Waals surface area contributed by atoms with Crippen LogP contribution in [0.1, 0.15) is 28.8 Å². The van der Waals surface area contributed by atoms with E-state index in [2.05, 4.69) is 10.6 Å². The fourth-order valence-electron chi connectivity index (χ4n) is 3.03. The van der Waals surface area contributed by atoms with Crippen LogP contribution in [-0.4, -0.2) is 50.3 Å². The highest BCUT2D eigenvalue weighted by Gasteiger charge is 2.16. The van der Waals surface area contributed by atoms with Crippen LogP contribution in [0, 0.1) is 6.92 Å². The normalized spacial score (nSPS) is 15.1. The van der Waals surface area contributed by atoms with Crippen molar-refractivity contribution in [3.63, 3.8) is 0 Å². The van der Waals surface area contributed by atoms with Crippen LogP contribution >= 0.6 is 11.6 Å². The molecule has 1 heterocycles. The van der Waals surface area contributed by atoms with Crippen molar-refractivity contribution in [2.45, 2.75) is 25.9 Å². The number of carbonyl (C=O) groups excluding carboxylic acids is 3. The molecular weight excluding hydrogens is 436 g/mol. The van der Waals surface area contributed by atoms with Crippen LogP contribution in [0.5, 0.6) is 5.75 Å². The molecule has 0 spiro atoms. The van der Waals surface area contributed by atoms with Crippen LogP contribution < -0.4 is 15.4 Å². The lowest BCUT2D eigenvalue weighted by Crippen LogP contribution is -2.35. The van der Waals surface area contributed by atoms with Gasteiger partial charge < -0.3 is 24.8 Å². The van der Waals surface area contributed by atoms with Gasteiger partial charge >= 0.3 is 5.97 Å². The van der Waals surface area contributed by atoms with Gasteiger partial charge in [0, 0.05) is 17.3 Å². The van der Waals surface area contributed by atoms with Crippen molar-refractivity contribution in [2.24, 2.45) is 0 Å². The van der Waals surface area contributed by atoms with Gasteiger partial charge in [0.25, 0.3) is 5.91 Å². The Labute approximate surface area is 191 Å². The number of esters is 1. The SMILES string of the molecule is Cc1c(Cl)cccc1NC(=O)CNC(=O)COC(=O)c1ccc(OCC2CCCO2)cc1. The molecule has 0 bridgehead atoms. The number of hydrogen-bond donors (Lipinski definition) is 2. The Hall–Kier alpha value is -3.10. The van der Waals surface area contributed by atoms with Crippen molar-refractivity contribution in [3.05, 3.63) is 58.6 Å². The fourth-order valence-corrected chi connectivity index (χ4v) is 3.21. The molecule has 2 aromatic carbocycles. The number of nitrogens with one attached hydrogen (secondary N) is 2. The zero-order valence-corrected chi connectivity index (χ0v) is 18.4. The van der Waals surface area contributed by atoms with Gasteiger partial charge in [0.05, 0.1) is 18.2 Å². The third-order valence-electron chi connectivity index (χ3n) is 4.87. The summed E-state index contributed by atoms with van der Waals surface area (Å²) in [6.45, 7) is 2.24. The van der Waals surface area contributed by atoms with Gasteiger partial charge in [-0.15, -0.1) is 0 Å². The summed E-state index contributed by atoms with van der Waals surface area (Å²) in [5.41, 5.74) is 1.58. The van der Waals surface area contributed by atoms with E-state index in [4.69, 9.17) is 25.8 Å². The molecule has 1 saturated heterocycles. The Bertz CT molecular complexity index is 957. The summed E-state index contributed by atoms with van der Waals surface area (Å²) in [7, 11) is 0. The van der Waals surface area contributed by atoms with E-state index in [0.717, 1.165) is 25.0 Å². The molecule has 0 aliphatic carbocycles. The number of anilines is 1. The topological polar surface area (TPSA) is 103 Å². The lowest BCUT2D eigenvalue weighted by atomic mass is 10.2. The first-order chi connectivity index (χ1) is 15.4. The van der Waals surface area contributed by atoms with Crippen molar-refractivity contribution in [3.8, 4) is 5.75 Å². The summed E-state index contributed by atoms with van der Waals surface area (Å²) in [5.74, 6) is -1.04. The Kier molecular flexibility index (Phi) is 8.47. The number of rotatable bonds is 9. The Morgan fingerprint density at radius 2 is 1.91 bits per heavy atom. The molecule has 32 heavy (non-hydrogen) atoms. The summed E-state index contributed by atoms with van der Waals surface area (Å²) < 4.78 is 16.1. The lowest BCUT2D eigenvalue weighted by molar-refractivity contribution is -0.126. The number of ether oxygens (including phenoxy) is 3. The average Bonchev–Trinajstić information content (AvgIpc) is 3.32. The molecular formula is C23H25ClN2O6. The van der Waals surface area contributed by atoms with Gasteiger partial charge in [-0.05, 0) is 61.7 Å². The number of benzene rings is 2. The summed E-state index contributed by atoms with van der Waals surface area (Å²) in [4.78, 5) is 36.0. The van der Waals surface area contributed by atoms with Gasteiger partial charge in [-0.3, -0.25) is 9.59 Å². The summed E-state index contributed by atoms with van der Waals surface area (Å²) in [6.07, 6.45) is 2.13. The molecule has 9 heteroatoms. The quantitative estimate of drug-likeness (QED) is 0.557. The molecule has 0 aromatic heterocycles. The highest BCUT2D eigenvalue weighted by atomic mass is 35.5. The second-order valence-electron chi connectivity index (χ2n) is 7.28. The van der Waals surface area contributed by atoms with Gasteiger partial charge in [-0.1, -0.05) is 17.7 Å². The van der Waals surface area contributed by atoms with E-state index in [9.17, 15) is 14.4 Å². The third kappa shape index (κ3) is 6.96. The molecule has 1 aliphatic rings. The van der Waals surface area contributed by atoms with E-state index >= 15 is 0 Å². The Morgan fingerprint density at radius 1 is 1.12 bits per heavy atom. The molecule has 1 atom stereocenters. The molecule has 2 aromatic rings. The maximum atomic E-state index is 12.1. The number of amides is 2. The summed E-state index contributed by atoms with van der Waals surface area (Å²) in [6, 6.07) is 11.6. The van der Waals surface area contributed by atoms with Crippen LogP contribution in [-0.2, 0) is 19.1 Å². The van der Waals surface area contributed by atoms with Crippen molar-refractivity contribution in [1.29, 1.82) is 0 Å². The van der Waals surface area contributed by atoms with E-state index in [-0.39, 0.29) is 18.2 Å². The van der Waals surface area contributed by atoms with Crippen LogP contribution in [0.4, 0.5) is 5.69 Å². The predicted octanol–water partition coefficient (Wildman–Crippen LogP) is 3.12. The summed E-state index contributed by atoms with van der Waals surface area (Å²) in [5, 5.41) is 5.60. The fraction of sp³-hybridized carbons (Fsp3) is 0.348. The Morgan fingerprint density at radius 3 is 2.62 bits per heavy atom. The first-order valence-corrected chi connectivity index (χ1v) is 10.6. The smallest absolute Gasteiger partial charge is 0.338 e. The average molecular weight is 461 g/mol. The van der Waals surface area contributed by atoms with Crippen LogP contribution in [0.25, 0.3) is 0 Å². The zero-order chi connectivity index (χ0) is 22.9. The molecule has 1 unspecified atom stereocenters. The minimum atomic E-state index is -0.648. The first kappa shape index (κ1) is 23.6. The molecule has 0 radical (unpaired) electrons. The molecule has 1 fully saturated rings. The van der Waals surface area contributed by atoms with E-state index in [0.29, 0.717) is 23.1 Å². The van der Waals surface area contributed by atoms with E-state index < -0.39 is 24.4 Å². The molecule has 8 nitrogen and oxygen atoms in total. The van der Waals surface area contributed by atoms with Gasteiger partial charge in [0.1, 0.15) is 12.4 Å². The van der Waals surface area contributed by atoms with Gasteiger partial charge in [-0.25, -0.2) is 4.79 Å². The minimum Gasteiger partial charge on any atom is -0.491 e. The maximum Gasteiger partial charge on any atom is 0.338 e. The molecule has 2 amide bonds. The van der Waals surface area contributed by atoms with E-state index in [1.807, 2.05) is 0 Å². The number of hydrogen-bond acceptors (Lipinski definition) is 6. The van der Waals surface area contributed by atoms with Crippen LogP contribution in [0.2, 0.25) is 5.02 Å². The molecule has 2 N–H and O–H groups in total. The van der Waals surface area contributed by atoms with Crippen LogP contribution in [0.3, 0.4) is 0 Å². The summed E-state index contributed by atoms with van der Waals surface area (Å²) >= 11 is 6.02. The van der Waals surface area contributed by atoms with Crippen LogP contribution in [0.15, 0.2) is 42.5 Å². The second kappa shape index (κ2) is 11.5. The Balaban J connectivity index is 1.37. The van der Waals surface area contributed by atoms with Gasteiger partial charge in [0.15, 0.2) is 6.61 Å². The highest BCUT2D eigenvalue weighted by molar-refractivity contribution is 6.31. The lowest BCUT2D eigenvalue weighted by Gasteiger charge is -2.12. The van der Waals surface area contributed by atoms with Crippen molar-refractivity contribution in [1.82, 2.24) is 5.32 Å². The zero-order valence-electron chi connectivity index (χ0n) is 17.7. The highest BCUT2D eigenvalue weighted by Crippen LogP contribution is 2.22. The van der Waals surface area contributed by atoms with Crippen molar-refractivity contribution in [2.75, 3.05) is 31.7 Å². The number of carbonyl (C=O) groups is 3. The van der Waals surface area contributed by atoms with Gasteiger partial charge in [0.2, 0.25) is 5.91 Å². The minimum absolute atomic E-state index is 0.106. The van der Waals surface area contributed by atoms with E-state index in [1.165, 1.54) is 0 Å². The predicted molar refractivity (Wildman–Crippen MR) is 119 cm³/mol. The largest absolute Gasteiger partial charge is 0.491 e. The maximum absolute atomic E-state index is 12.1. The standard InChI is InChI=1S/C23H25ClN2O6/c1-15-19(24)5-2-6-20(15)26-21(27)12-25-22(28)14-32-23(29)16-7-9-17(10-8-16)31-13-18-4-3-11-30-18/h2,5-10,18H,3-4,11-14H2,1H3,(H,25,28)(H,26,27). The third-order valence-corrected chi connectivity index (χ3v) is 5.28. The molecule has 0 saturated carbocycles. The molecule has 1 aliphatic heterocycles. The first-order valence-electron chi connectivity index (χ1n) is 10.3.